The Balaban J connectivity index is 2.12. The molecule has 2 N–H and O–H groups in total. The van der Waals surface area contributed by atoms with Crippen LogP contribution in [0.4, 0.5) is 18.9 Å². The van der Waals surface area contributed by atoms with Crippen LogP contribution in [0.25, 0.3) is 0 Å². The van der Waals surface area contributed by atoms with Crippen molar-refractivity contribution in [2.75, 3.05) is 25.1 Å². The molecule has 1 aromatic rings. The van der Waals surface area contributed by atoms with Gasteiger partial charge in [0.1, 0.15) is 11.5 Å². The third-order valence-corrected chi connectivity index (χ3v) is 3.14. The van der Waals surface area contributed by atoms with Gasteiger partial charge in [0.05, 0.1) is 19.1 Å². The lowest BCUT2D eigenvalue weighted by Crippen LogP contribution is -2.41. The number of ether oxygens (including phenoxy) is 1. The van der Waals surface area contributed by atoms with Gasteiger partial charge in [0.2, 0.25) is 5.91 Å². The summed E-state index contributed by atoms with van der Waals surface area (Å²) in [7, 11) is 0. The quantitative estimate of drug-likeness (QED) is 0.886. The smallest absolute Gasteiger partial charge is 0.231 e. The maximum atomic E-state index is 13.5. The summed E-state index contributed by atoms with van der Waals surface area (Å²) in [6, 6.07) is 0.837. The van der Waals surface area contributed by atoms with E-state index in [1.807, 2.05) is 6.92 Å². The summed E-state index contributed by atoms with van der Waals surface area (Å²) >= 11 is 0. The zero-order valence-corrected chi connectivity index (χ0v) is 10.9. The summed E-state index contributed by atoms with van der Waals surface area (Å²) in [5, 5.41) is 5.23. The van der Waals surface area contributed by atoms with E-state index in [0.717, 1.165) is 0 Å². The molecule has 2 unspecified atom stereocenters. The van der Waals surface area contributed by atoms with Crippen LogP contribution in [-0.2, 0) is 9.53 Å². The SMILES string of the molecule is CCNC1COCC1C(=O)Nc1c(F)cc(F)cc1F. The Morgan fingerprint density at radius 2 is 1.95 bits per heavy atom. The molecule has 0 aromatic heterocycles. The van der Waals surface area contributed by atoms with E-state index in [1.165, 1.54) is 0 Å². The van der Waals surface area contributed by atoms with Gasteiger partial charge >= 0.3 is 0 Å². The molecule has 0 aliphatic carbocycles. The van der Waals surface area contributed by atoms with Gasteiger partial charge in [-0.05, 0) is 6.54 Å². The van der Waals surface area contributed by atoms with Crippen LogP contribution in [0.1, 0.15) is 6.92 Å². The average molecular weight is 288 g/mol. The van der Waals surface area contributed by atoms with Crippen LogP contribution in [-0.4, -0.2) is 31.7 Å². The van der Waals surface area contributed by atoms with Crippen LogP contribution in [0.2, 0.25) is 0 Å². The maximum Gasteiger partial charge on any atom is 0.231 e. The van der Waals surface area contributed by atoms with Gasteiger partial charge in [0, 0.05) is 18.2 Å². The predicted octanol–water partition coefficient (Wildman–Crippen LogP) is 1.67. The summed E-state index contributed by atoms with van der Waals surface area (Å²) in [4.78, 5) is 12.0. The number of hydrogen-bond donors (Lipinski definition) is 2. The van der Waals surface area contributed by atoms with Crippen LogP contribution < -0.4 is 10.6 Å². The lowest BCUT2D eigenvalue weighted by atomic mass is 10.0. The van der Waals surface area contributed by atoms with Crippen LogP contribution >= 0.6 is 0 Å². The van der Waals surface area contributed by atoms with Gasteiger partial charge in [0.25, 0.3) is 0 Å². The van der Waals surface area contributed by atoms with E-state index >= 15 is 0 Å². The van der Waals surface area contributed by atoms with E-state index < -0.39 is 35.0 Å². The normalized spacial score (nSPS) is 22.0. The first-order valence-corrected chi connectivity index (χ1v) is 6.29. The van der Waals surface area contributed by atoms with E-state index in [1.54, 1.807) is 0 Å². The number of likely N-dealkylation sites (N-methyl/N-ethyl adjacent to an activating group) is 1. The van der Waals surface area contributed by atoms with Gasteiger partial charge in [-0.2, -0.15) is 0 Å². The Kier molecular flexibility index (Phi) is 4.61. The fourth-order valence-corrected chi connectivity index (χ4v) is 2.15. The van der Waals surface area contributed by atoms with E-state index in [4.69, 9.17) is 4.74 Å². The molecule has 1 saturated heterocycles. The molecule has 1 amide bonds. The van der Waals surface area contributed by atoms with Crippen molar-refractivity contribution in [3.63, 3.8) is 0 Å². The molecule has 1 fully saturated rings. The second-order valence-corrected chi connectivity index (χ2v) is 4.54. The summed E-state index contributed by atoms with van der Waals surface area (Å²) in [6.45, 7) is 3.07. The topological polar surface area (TPSA) is 50.4 Å². The fourth-order valence-electron chi connectivity index (χ4n) is 2.15. The molecular formula is C13H15F3N2O2. The standard InChI is InChI=1S/C13H15F3N2O2/c1-2-17-11-6-20-5-8(11)13(19)18-12-9(15)3-7(14)4-10(12)16/h3-4,8,11,17H,2,5-6H2,1H3,(H,18,19). The van der Waals surface area contributed by atoms with Crippen molar-refractivity contribution in [1.82, 2.24) is 5.32 Å². The molecule has 1 aliphatic rings. The highest BCUT2D eigenvalue weighted by molar-refractivity contribution is 5.93. The zero-order valence-electron chi connectivity index (χ0n) is 10.9. The monoisotopic (exact) mass is 288 g/mol. The fraction of sp³-hybridized carbons (Fsp3) is 0.462. The third kappa shape index (κ3) is 3.10. The molecule has 7 heteroatoms. The largest absolute Gasteiger partial charge is 0.379 e. The Hall–Kier alpha value is -1.60. The van der Waals surface area contributed by atoms with E-state index in [-0.39, 0.29) is 12.6 Å². The first kappa shape index (κ1) is 14.8. The number of carbonyl (C=O) groups excluding carboxylic acids is 1. The van der Waals surface area contributed by atoms with Crippen molar-refractivity contribution in [2.45, 2.75) is 13.0 Å². The summed E-state index contributed by atoms with van der Waals surface area (Å²) < 4.78 is 44.9. The highest BCUT2D eigenvalue weighted by Gasteiger charge is 2.34. The molecule has 20 heavy (non-hydrogen) atoms. The lowest BCUT2D eigenvalue weighted by Gasteiger charge is -2.18. The van der Waals surface area contributed by atoms with Crippen molar-refractivity contribution in [1.29, 1.82) is 0 Å². The minimum absolute atomic E-state index is 0.175. The number of carbonyl (C=O) groups is 1. The summed E-state index contributed by atoms with van der Waals surface area (Å²) in [5.74, 6) is -4.42. The highest BCUT2D eigenvalue weighted by atomic mass is 19.1. The van der Waals surface area contributed by atoms with Gasteiger partial charge in [-0.3, -0.25) is 4.79 Å². The first-order valence-electron chi connectivity index (χ1n) is 6.29. The minimum atomic E-state index is -1.14. The molecule has 4 nitrogen and oxygen atoms in total. The second-order valence-electron chi connectivity index (χ2n) is 4.54. The molecule has 1 aliphatic heterocycles. The van der Waals surface area contributed by atoms with Gasteiger partial charge < -0.3 is 15.4 Å². The number of nitrogens with one attached hydrogen (secondary N) is 2. The van der Waals surface area contributed by atoms with Gasteiger partial charge in [0.15, 0.2) is 11.6 Å². The van der Waals surface area contributed by atoms with Gasteiger partial charge in [-0.15, -0.1) is 0 Å². The Morgan fingerprint density at radius 1 is 1.30 bits per heavy atom. The van der Waals surface area contributed by atoms with Crippen molar-refractivity contribution in [3.8, 4) is 0 Å². The summed E-state index contributed by atoms with van der Waals surface area (Å²) in [6.07, 6.45) is 0. The molecule has 0 radical (unpaired) electrons. The Labute approximate surface area is 114 Å². The van der Waals surface area contributed by atoms with Crippen molar-refractivity contribution < 1.29 is 22.7 Å². The van der Waals surface area contributed by atoms with Crippen molar-refractivity contribution in [2.24, 2.45) is 5.92 Å². The van der Waals surface area contributed by atoms with Crippen LogP contribution in [0.15, 0.2) is 12.1 Å². The molecule has 0 spiro atoms. The van der Waals surface area contributed by atoms with E-state index in [9.17, 15) is 18.0 Å². The second kappa shape index (κ2) is 6.23. The molecule has 1 heterocycles. The number of anilines is 1. The number of benzene rings is 1. The number of rotatable bonds is 4. The molecule has 110 valence electrons. The molecular weight excluding hydrogens is 273 g/mol. The summed E-state index contributed by atoms with van der Waals surface area (Å²) in [5.41, 5.74) is -0.640. The Bertz CT molecular complexity index is 487. The lowest BCUT2D eigenvalue weighted by molar-refractivity contribution is -0.120. The van der Waals surface area contributed by atoms with Crippen LogP contribution in [0.3, 0.4) is 0 Å². The third-order valence-electron chi connectivity index (χ3n) is 3.14. The number of halogens is 3. The highest BCUT2D eigenvalue weighted by Crippen LogP contribution is 2.22. The van der Waals surface area contributed by atoms with Gasteiger partial charge in [-0.25, -0.2) is 13.2 Å². The van der Waals surface area contributed by atoms with Crippen molar-refractivity contribution in [3.05, 3.63) is 29.6 Å². The molecule has 2 rings (SSSR count). The average Bonchev–Trinajstić information content (AvgIpc) is 2.82. The molecule has 1 aromatic carbocycles. The van der Waals surface area contributed by atoms with E-state index in [2.05, 4.69) is 10.6 Å². The number of amides is 1. The maximum absolute atomic E-state index is 13.5. The molecule has 2 atom stereocenters. The zero-order chi connectivity index (χ0) is 14.7. The molecule has 0 bridgehead atoms. The minimum Gasteiger partial charge on any atom is -0.379 e. The number of hydrogen-bond acceptors (Lipinski definition) is 3. The van der Waals surface area contributed by atoms with Crippen LogP contribution in [0.5, 0.6) is 0 Å². The van der Waals surface area contributed by atoms with Gasteiger partial charge in [-0.1, -0.05) is 6.92 Å². The molecule has 0 saturated carbocycles. The van der Waals surface area contributed by atoms with Crippen LogP contribution in [0, 0.1) is 23.4 Å². The first-order chi connectivity index (χ1) is 9.52. The predicted molar refractivity (Wildman–Crippen MR) is 66.7 cm³/mol. The van der Waals surface area contributed by atoms with Crippen molar-refractivity contribution >= 4 is 11.6 Å². The van der Waals surface area contributed by atoms with E-state index in [0.29, 0.717) is 25.3 Å². The Morgan fingerprint density at radius 3 is 2.55 bits per heavy atom.